The van der Waals surface area contributed by atoms with E-state index in [4.69, 9.17) is 4.74 Å². The van der Waals surface area contributed by atoms with Gasteiger partial charge < -0.3 is 19.6 Å². The zero-order valence-corrected chi connectivity index (χ0v) is 18.4. The predicted molar refractivity (Wildman–Crippen MR) is 115 cm³/mol. The van der Waals surface area contributed by atoms with Crippen LogP contribution in [-0.4, -0.2) is 55.0 Å². The molecule has 0 radical (unpaired) electrons. The number of carbonyl (C=O) groups excluding carboxylic acids is 2. The number of benzene rings is 1. The number of ether oxygens (including phenoxy) is 1. The van der Waals surface area contributed by atoms with Gasteiger partial charge in [0.15, 0.2) is 11.5 Å². The summed E-state index contributed by atoms with van der Waals surface area (Å²) in [6.07, 6.45) is 1.05. The van der Waals surface area contributed by atoms with Gasteiger partial charge in [-0.15, -0.1) is 0 Å². The zero-order valence-electron chi connectivity index (χ0n) is 18.4. The number of aliphatic hydroxyl groups is 1. The van der Waals surface area contributed by atoms with Crippen LogP contribution in [0.1, 0.15) is 52.1 Å². The quantitative estimate of drug-likeness (QED) is 0.602. The van der Waals surface area contributed by atoms with Gasteiger partial charge in [0.25, 0.3) is 5.91 Å². The summed E-state index contributed by atoms with van der Waals surface area (Å²) in [7, 11) is 3.91. The summed E-state index contributed by atoms with van der Waals surface area (Å²) in [6.45, 7) is 8.76. The Labute approximate surface area is 174 Å². The summed E-state index contributed by atoms with van der Waals surface area (Å²) < 4.78 is 5.59. The Balaban J connectivity index is 2.34. The van der Waals surface area contributed by atoms with Crippen LogP contribution >= 0.6 is 0 Å². The molecule has 1 aliphatic rings. The van der Waals surface area contributed by atoms with Gasteiger partial charge in [0.2, 0.25) is 0 Å². The summed E-state index contributed by atoms with van der Waals surface area (Å²) in [5.74, 6) is -0.929. The molecule has 0 saturated carbocycles. The first-order valence-electron chi connectivity index (χ1n) is 10.3. The summed E-state index contributed by atoms with van der Waals surface area (Å²) in [5.41, 5.74) is 2.06. The minimum Gasteiger partial charge on any atom is -0.503 e. The SMILES string of the molecule is CC(C)CC(=O)C1=C(O)C(=O)N(CCCOC(C)C)C1c1ccc(N(C)C)cc1. The van der Waals surface area contributed by atoms with Gasteiger partial charge in [0.1, 0.15) is 0 Å². The Morgan fingerprint density at radius 3 is 2.31 bits per heavy atom. The van der Waals surface area contributed by atoms with Crippen molar-refractivity contribution in [3.63, 3.8) is 0 Å². The third-order valence-electron chi connectivity index (χ3n) is 4.92. The molecular weight excluding hydrogens is 368 g/mol. The third-order valence-corrected chi connectivity index (χ3v) is 4.92. The Morgan fingerprint density at radius 1 is 1.17 bits per heavy atom. The van der Waals surface area contributed by atoms with Crippen LogP contribution in [0.15, 0.2) is 35.6 Å². The molecule has 29 heavy (non-hydrogen) atoms. The highest BCUT2D eigenvalue weighted by molar-refractivity contribution is 6.09. The van der Waals surface area contributed by atoms with Crippen molar-refractivity contribution in [2.75, 3.05) is 32.1 Å². The number of anilines is 1. The van der Waals surface area contributed by atoms with E-state index >= 15 is 0 Å². The summed E-state index contributed by atoms with van der Waals surface area (Å²) in [5, 5.41) is 10.6. The van der Waals surface area contributed by atoms with Crippen molar-refractivity contribution in [1.29, 1.82) is 0 Å². The summed E-state index contributed by atoms with van der Waals surface area (Å²) >= 11 is 0. The molecule has 1 unspecified atom stereocenters. The molecule has 6 nitrogen and oxygen atoms in total. The van der Waals surface area contributed by atoms with Crippen LogP contribution in [0.4, 0.5) is 5.69 Å². The maximum absolute atomic E-state index is 12.9. The van der Waals surface area contributed by atoms with E-state index in [1.54, 1.807) is 4.90 Å². The smallest absolute Gasteiger partial charge is 0.290 e. The van der Waals surface area contributed by atoms with Crippen molar-refractivity contribution in [2.24, 2.45) is 5.92 Å². The molecule has 1 N–H and O–H groups in total. The van der Waals surface area contributed by atoms with Gasteiger partial charge in [-0.2, -0.15) is 0 Å². The number of carbonyl (C=O) groups is 2. The van der Waals surface area contributed by atoms with Crippen molar-refractivity contribution in [3.8, 4) is 0 Å². The number of aliphatic hydroxyl groups excluding tert-OH is 1. The van der Waals surface area contributed by atoms with Crippen molar-refractivity contribution < 1.29 is 19.4 Å². The molecule has 0 spiro atoms. The Morgan fingerprint density at radius 2 is 1.79 bits per heavy atom. The van der Waals surface area contributed by atoms with Crippen LogP contribution < -0.4 is 4.90 Å². The molecule has 0 fully saturated rings. The molecule has 0 aliphatic carbocycles. The van der Waals surface area contributed by atoms with E-state index in [0.717, 1.165) is 11.3 Å². The molecule has 0 saturated heterocycles. The average Bonchev–Trinajstić information content (AvgIpc) is 2.89. The number of ketones is 1. The Hall–Kier alpha value is -2.34. The maximum atomic E-state index is 12.9. The van der Waals surface area contributed by atoms with Crippen molar-refractivity contribution in [3.05, 3.63) is 41.2 Å². The molecule has 2 rings (SSSR count). The lowest BCUT2D eigenvalue weighted by molar-refractivity contribution is -0.129. The van der Waals surface area contributed by atoms with E-state index in [0.29, 0.717) is 26.0 Å². The lowest BCUT2D eigenvalue weighted by atomic mass is 9.92. The van der Waals surface area contributed by atoms with Gasteiger partial charge >= 0.3 is 0 Å². The molecule has 1 aromatic carbocycles. The molecule has 0 bridgehead atoms. The van der Waals surface area contributed by atoms with Crippen LogP contribution in [0.3, 0.4) is 0 Å². The fourth-order valence-electron chi connectivity index (χ4n) is 3.51. The lowest BCUT2D eigenvalue weighted by Gasteiger charge is -2.27. The van der Waals surface area contributed by atoms with E-state index in [1.807, 2.05) is 71.0 Å². The molecular formula is C23H34N2O4. The van der Waals surface area contributed by atoms with Crippen molar-refractivity contribution in [1.82, 2.24) is 4.90 Å². The Kier molecular flexibility index (Phi) is 7.85. The summed E-state index contributed by atoms with van der Waals surface area (Å²) in [4.78, 5) is 29.3. The number of nitrogens with zero attached hydrogens (tertiary/aromatic N) is 2. The normalized spacial score (nSPS) is 17.0. The fraction of sp³-hybridized carbons (Fsp3) is 0.565. The van der Waals surface area contributed by atoms with Gasteiger partial charge in [-0.3, -0.25) is 9.59 Å². The molecule has 1 aromatic rings. The van der Waals surface area contributed by atoms with E-state index in [1.165, 1.54) is 0 Å². The van der Waals surface area contributed by atoms with Gasteiger partial charge in [-0.05, 0) is 43.9 Å². The summed E-state index contributed by atoms with van der Waals surface area (Å²) in [6, 6.07) is 7.20. The molecule has 1 atom stereocenters. The third kappa shape index (κ3) is 5.60. The van der Waals surface area contributed by atoms with Crippen LogP contribution in [0.25, 0.3) is 0 Å². The van der Waals surface area contributed by atoms with Crippen LogP contribution in [0, 0.1) is 5.92 Å². The van der Waals surface area contributed by atoms with E-state index in [-0.39, 0.29) is 23.4 Å². The standard InChI is InChI=1S/C23H34N2O4/c1-15(2)14-19(26)20-21(17-8-10-18(11-9-17)24(5)6)25(23(28)22(20)27)12-7-13-29-16(3)4/h8-11,15-16,21,27H,7,12-14H2,1-6H3. The largest absolute Gasteiger partial charge is 0.503 e. The van der Waals surface area contributed by atoms with Crippen molar-refractivity contribution >= 4 is 17.4 Å². The van der Waals surface area contributed by atoms with Gasteiger partial charge in [-0.25, -0.2) is 0 Å². The monoisotopic (exact) mass is 402 g/mol. The second kappa shape index (κ2) is 9.92. The second-order valence-electron chi connectivity index (χ2n) is 8.44. The minimum absolute atomic E-state index is 0.119. The molecule has 0 aromatic heterocycles. The highest BCUT2D eigenvalue weighted by Gasteiger charge is 2.43. The molecule has 160 valence electrons. The number of Topliss-reactive ketones (excluding diaryl/α,β-unsaturated/α-hetero) is 1. The van der Waals surface area contributed by atoms with Crippen molar-refractivity contribution in [2.45, 2.75) is 52.7 Å². The highest BCUT2D eigenvalue weighted by Crippen LogP contribution is 2.39. The van der Waals surface area contributed by atoms with Gasteiger partial charge in [-0.1, -0.05) is 26.0 Å². The molecule has 6 heteroatoms. The lowest BCUT2D eigenvalue weighted by Crippen LogP contribution is -2.33. The van der Waals surface area contributed by atoms with Gasteiger partial charge in [0.05, 0.1) is 17.7 Å². The second-order valence-corrected chi connectivity index (χ2v) is 8.44. The molecule has 1 aliphatic heterocycles. The first-order valence-corrected chi connectivity index (χ1v) is 10.3. The van der Waals surface area contributed by atoms with Crippen LogP contribution in [-0.2, 0) is 14.3 Å². The minimum atomic E-state index is -0.566. The predicted octanol–water partition coefficient (Wildman–Crippen LogP) is 3.88. The molecule has 1 amide bonds. The number of hydrogen-bond donors (Lipinski definition) is 1. The average molecular weight is 403 g/mol. The topological polar surface area (TPSA) is 70.1 Å². The van der Waals surface area contributed by atoms with Crippen LogP contribution in [0.5, 0.6) is 0 Å². The number of amides is 1. The fourth-order valence-corrected chi connectivity index (χ4v) is 3.51. The van der Waals surface area contributed by atoms with E-state index < -0.39 is 17.7 Å². The van der Waals surface area contributed by atoms with Gasteiger partial charge in [0, 0.05) is 39.4 Å². The number of hydrogen-bond acceptors (Lipinski definition) is 5. The zero-order chi connectivity index (χ0) is 21.7. The molecule has 1 heterocycles. The van der Waals surface area contributed by atoms with E-state index in [2.05, 4.69) is 0 Å². The highest BCUT2D eigenvalue weighted by atomic mass is 16.5. The first-order chi connectivity index (χ1) is 13.6. The van der Waals surface area contributed by atoms with Crippen LogP contribution in [0.2, 0.25) is 0 Å². The number of rotatable bonds is 10. The van der Waals surface area contributed by atoms with E-state index in [9.17, 15) is 14.7 Å². The first kappa shape index (κ1) is 22.9. The maximum Gasteiger partial charge on any atom is 0.290 e. The Bertz CT molecular complexity index is 751.